The second-order valence-electron chi connectivity index (χ2n) is 10.3. The Morgan fingerprint density at radius 3 is 1.52 bits per heavy atom. The second kappa shape index (κ2) is 20.6. The zero-order chi connectivity index (χ0) is 34.6. The zero-order valence-electron chi connectivity index (χ0n) is 25.6. The summed E-state index contributed by atoms with van der Waals surface area (Å²) < 4.78 is 0. The maximum absolute atomic E-state index is 13.5. The number of phenolic OH excluding ortho intramolecular Hbond substituents is 1. The fourth-order valence-corrected chi connectivity index (χ4v) is 4.08. The minimum Gasteiger partial charge on any atom is -0.508 e. The van der Waals surface area contributed by atoms with Gasteiger partial charge in [0.1, 0.15) is 23.9 Å². The van der Waals surface area contributed by atoms with E-state index in [-0.39, 0.29) is 81.8 Å². The van der Waals surface area contributed by atoms with Gasteiger partial charge in [0.2, 0.25) is 17.7 Å². The molecule has 0 heterocycles. The minimum atomic E-state index is -1.31. The van der Waals surface area contributed by atoms with E-state index in [0.29, 0.717) is 12.0 Å². The van der Waals surface area contributed by atoms with E-state index in [9.17, 15) is 29.4 Å². The van der Waals surface area contributed by atoms with Gasteiger partial charge in [0.25, 0.3) is 0 Å². The van der Waals surface area contributed by atoms with E-state index >= 15 is 0 Å². The summed E-state index contributed by atoms with van der Waals surface area (Å²) in [5.74, 6) is -3.86. The van der Waals surface area contributed by atoms with E-state index in [1.165, 1.54) is 12.1 Å². The van der Waals surface area contributed by atoms with Crippen LogP contribution >= 0.6 is 0 Å². The van der Waals surface area contributed by atoms with Crippen LogP contribution in [0.5, 0.6) is 5.75 Å². The monoisotopic (exact) mass is 649 g/mol. The van der Waals surface area contributed by atoms with Crippen molar-refractivity contribution in [2.75, 3.05) is 19.6 Å². The van der Waals surface area contributed by atoms with E-state index in [0.717, 1.165) is 0 Å². The van der Waals surface area contributed by atoms with Gasteiger partial charge in [-0.3, -0.25) is 29.4 Å². The highest BCUT2D eigenvalue weighted by atomic mass is 16.4. The Labute approximate surface area is 266 Å². The van der Waals surface area contributed by atoms with E-state index in [4.69, 9.17) is 40.1 Å². The maximum Gasteiger partial charge on any atom is 0.326 e. The Kier molecular flexibility index (Phi) is 17.3. The summed E-state index contributed by atoms with van der Waals surface area (Å²) in [4.78, 5) is 63.3. The lowest BCUT2D eigenvalue weighted by Gasteiger charge is -2.25. The number of rotatable bonds is 21. The number of carboxylic acids is 1. The smallest absolute Gasteiger partial charge is 0.326 e. The molecule has 0 saturated carbocycles. The molecule has 0 bridgehead atoms. The molecule has 0 aliphatic rings. The summed E-state index contributed by atoms with van der Waals surface area (Å²) in [5, 5.41) is 27.0. The first-order valence-electron chi connectivity index (χ1n) is 14.5. The number of hydrogen-bond acceptors (Lipinski definition) is 9. The standard InChI is InChI=1S/C27H47N13O6/c28-17(4-1-11-35-25(29)30)21(42)38-18(5-2-12-36-26(31)32)22(43)40-20(14-15-7-9-16(41)10-8-15)23(44)39-19(24(45)46)6-3-13-37-27(33)34/h7-10,17-20,41H,1-6,11-14,28H2,(H,38,42)(H,39,44)(H,40,43)(H,45,46)(H4,29,30,35)(H4,31,32,36)(H4,33,34,37). The molecule has 0 spiro atoms. The SMILES string of the molecule is NC(N)=NCCCC(N)C(=O)NC(CCCN=C(N)N)C(=O)NC(Cc1ccc(O)cc1)C(=O)NC(CCCN=C(N)N)C(=O)O. The molecule has 19 heteroatoms. The number of hydrogen-bond donors (Lipinski definition) is 12. The van der Waals surface area contributed by atoms with Crippen molar-refractivity contribution in [3.05, 3.63) is 29.8 Å². The Balaban J connectivity index is 3.16. The van der Waals surface area contributed by atoms with Crippen molar-refractivity contribution in [3.8, 4) is 5.75 Å². The molecule has 19 N–H and O–H groups in total. The summed E-state index contributed by atoms with van der Waals surface area (Å²) in [6, 6.07) is 1.15. The molecule has 0 aliphatic carbocycles. The Morgan fingerprint density at radius 1 is 0.630 bits per heavy atom. The van der Waals surface area contributed by atoms with Crippen LogP contribution in [0.15, 0.2) is 39.2 Å². The molecular weight excluding hydrogens is 602 g/mol. The minimum absolute atomic E-state index is 0.00226. The number of nitrogens with zero attached hydrogens (tertiary/aromatic N) is 3. The highest BCUT2D eigenvalue weighted by molar-refractivity contribution is 5.94. The van der Waals surface area contributed by atoms with Crippen molar-refractivity contribution in [1.29, 1.82) is 0 Å². The number of aliphatic imine (C=N–C) groups is 3. The third-order valence-electron chi connectivity index (χ3n) is 6.45. The molecule has 19 nitrogen and oxygen atoms in total. The van der Waals surface area contributed by atoms with Crippen LogP contribution in [0.25, 0.3) is 0 Å². The third-order valence-corrected chi connectivity index (χ3v) is 6.45. The lowest BCUT2D eigenvalue weighted by Crippen LogP contribution is -2.57. The van der Waals surface area contributed by atoms with Gasteiger partial charge >= 0.3 is 5.97 Å². The number of carboxylic acid groups (broad SMARTS) is 1. The van der Waals surface area contributed by atoms with Crippen molar-refractivity contribution in [1.82, 2.24) is 16.0 Å². The molecule has 4 unspecified atom stereocenters. The van der Waals surface area contributed by atoms with Crippen LogP contribution in [0.2, 0.25) is 0 Å². The molecule has 0 radical (unpaired) electrons. The molecular formula is C27H47N13O6. The first-order chi connectivity index (χ1) is 21.7. The van der Waals surface area contributed by atoms with Crippen molar-refractivity contribution in [2.24, 2.45) is 55.1 Å². The van der Waals surface area contributed by atoms with Gasteiger partial charge in [0, 0.05) is 26.1 Å². The number of carbonyl (C=O) groups is 4. The third kappa shape index (κ3) is 16.5. The summed E-state index contributed by atoms with van der Waals surface area (Å²) in [6.45, 7) is 0.558. The van der Waals surface area contributed by atoms with Gasteiger partial charge in [0.15, 0.2) is 17.9 Å². The average Bonchev–Trinajstić information content (AvgIpc) is 2.98. The number of amides is 3. The van der Waals surface area contributed by atoms with Gasteiger partial charge in [-0.1, -0.05) is 12.1 Å². The number of aromatic hydroxyl groups is 1. The number of carbonyl (C=O) groups excluding carboxylic acids is 3. The Hall–Kier alpha value is -5.33. The molecule has 1 rings (SSSR count). The number of guanidine groups is 3. The van der Waals surface area contributed by atoms with Crippen molar-refractivity contribution >= 4 is 41.6 Å². The van der Waals surface area contributed by atoms with Crippen LogP contribution in [0.4, 0.5) is 0 Å². The lowest BCUT2D eigenvalue weighted by molar-refractivity contribution is -0.142. The van der Waals surface area contributed by atoms with Gasteiger partial charge < -0.3 is 66.3 Å². The van der Waals surface area contributed by atoms with Gasteiger partial charge in [-0.25, -0.2) is 4.79 Å². The molecule has 0 aliphatic heterocycles. The first-order valence-corrected chi connectivity index (χ1v) is 14.5. The van der Waals surface area contributed by atoms with Gasteiger partial charge in [-0.05, 0) is 56.2 Å². The topological polar surface area (TPSA) is 364 Å². The predicted molar refractivity (Wildman–Crippen MR) is 173 cm³/mol. The highest BCUT2D eigenvalue weighted by Crippen LogP contribution is 2.13. The van der Waals surface area contributed by atoms with E-state index in [2.05, 4.69) is 30.9 Å². The molecule has 46 heavy (non-hydrogen) atoms. The molecule has 0 aromatic heterocycles. The maximum atomic E-state index is 13.5. The summed E-state index contributed by atoms with van der Waals surface area (Å²) in [6.07, 6.45) is 1.16. The highest BCUT2D eigenvalue weighted by Gasteiger charge is 2.30. The van der Waals surface area contributed by atoms with Crippen LogP contribution < -0.4 is 56.1 Å². The van der Waals surface area contributed by atoms with Crippen LogP contribution in [0.1, 0.15) is 44.1 Å². The number of nitrogens with one attached hydrogen (secondary N) is 3. The average molecular weight is 650 g/mol. The molecule has 1 aromatic rings. The number of phenols is 1. The predicted octanol–water partition coefficient (Wildman–Crippen LogP) is -4.04. The molecule has 0 fully saturated rings. The van der Waals surface area contributed by atoms with E-state index < -0.39 is 47.9 Å². The van der Waals surface area contributed by atoms with Crippen LogP contribution in [0.3, 0.4) is 0 Å². The number of benzene rings is 1. The van der Waals surface area contributed by atoms with Crippen LogP contribution in [0, 0.1) is 0 Å². The van der Waals surface area contributed by atoms with Gasteiger partial charge in [-0.2, -0.15) is 0 Å². The second-order valence-corrected chi connectivity index (χ2v) is 10.3. The fraction of sp³-hybridized carbons (Fsp3) is 0.519. The van der Waals surface area contributed by atoms with Crippen molar-refractivity contribution in [3.63, 3.8) is 0 Å². The Bertz CT molecular complexity index is 1230. The van der Waals surface area contributed by atoms with E-state index in [1.807, 2.05) is 0 Å². The molecule has 4 atom stereocenters. The fourth-order valence-electron chi connectivity index (χ4n) is 4.08. The molecule has 256 valence electrons. The van der Waals surface area contributed by atoms with E-state index in [1.54, 1.807) is 12.1 Å². The Morgan fingerprint density at radius 2 is 1.04 bits per heavy atom. The van der Waals surface area contributed by atoms with Crippen LogP contribution in [-0.2, 0) is 25.6 Å². The van der Waals surface area contributed by atoms with Gasteiger partial charge in [-0.15, -0.1) is 0 Å². The number of aliphatic carboxylic acids is 1. The number of nitrogens with two attached hydrogens (primary N) is 7. The first kappa shape index (κ1) is 38.7. The quantitative estimate of drug-likeness (QED) is 0.0343. The van der Waals surface area contributed by atoms with Crippen LogP contribution in [-0.4, -0.2) is 95.6 Å². The summed E-state index contributed by atoms with van der Waals surface area (Å²) in [7, 11) is 0. The summed E-state index contributed by atoms with van der Waals surface area (Å²) >= 11 is 0. The zero-order valence-corrected chi connectivity index (χ0v) is 25.6. The largest absolute Gasteiger partial charge is 0.508 e. The normalized spacial score (nSPS) is 13.2. The lowest BCUT2D eigenvalue weighted by atomic mass is 10.0. The van der Waals surface area contributed by atoms with Crippen molar-refractivity contribution in [2.45, 2.75) is 69.1 Å². The molecule has 0 saturated heterocycles. The van der Waals surface area contributed by atoms with Crippen molar-refractivity contribution < 1.29 is 29.4 Å². The summed E-state index contributed by atoms with van der Waals surface area (Å²) in [5.41, 5.74) is 38.5. The molecule has 1 aromatic carbocycles. The van der Waals surface area contributed by atoms with Gasteiger partial charge in [0.05, 0.1) is 6.04 Å². The molecule has 3 amide bonds.